The lowest BCUT2D eigenvalue weighted by Crippen LogP contribution is -2.52. The van der Waals surface area contributed by atoms with Gasteiger partial charge in [0, 0.05) is 44.6 Å². The molecule has 3 fully saturated rings. The summed E-state index contributed by atoms with van der Waals surface area (Å²) in [6, 6.07) is 7.06. The Morgan fingerprint density at radius 1 is 1.15 bits per heavy atom. The van der Waals surface area contributed by atoms with Crippen molar-refractivity contribution in [3.63, 3.8) is 0 Å². The number of aliphatic hydroxyl groups is 1. The highest BCUT2D eigenvalue weighted by Gasteiger charge is 2.44. The van der Waals surface area contributed by atoms with Crippen LogP contribution in [0.2, 0.25) is 0 Å². The van der Waals surface area contributed by atoms with Gasteiger partial charge in [-0.25, -0.2) is 0 Å². The number of β-amino-alcohol motifs (C(OH)–C–C–N with tert-alkyl or cyclic N) is 1. The van der Waals surface area contributed by atoms with Crippen molar-refractivity contribution in [2.24, 2.45) is 0 Å². The molecular formula is C19H26N2O5. The average molecular weight is 362 g/mol. The fourth-order valence-corrected chi connectivity index (χ4v) is 4.19. The molecule has 3 heterocycles. The third-order valence-electron chi connectivity index (χ3n) is 5.73. The van der Waals surface area contributed by atoms with E-state index in [1.54, 1.807) is 36.3 Å². The second kappa shape index (κ2) is 7.15. The SMILES string of the molecule is COc1ccc(C(=O)N2C[C@H](O)[C@@H](N3CCC4(CC3)OCCO4)C2)cc1. The predicted molar refractivity (Wildman–Crippen MR) is 94.1 cm³/mol. The molecule has 3 aliphatic heterocycles. The second-order valence-electron chi connectivity index (χ2n) is 7.22. The minimum atomic E-state index is -0.531. The smallest absolute Gasteiger partial charge is 0.254 e. The summed E-state index contributed by atoms with van der Waals surface area (Å²) in [7, 11) is 1.60. The Hall–Kier alpha value is -1.67. The fraction of sp³-hybridized carbons (Fsp3) is 0.632. The highest BCUT2D eigenvalue weighted by Crippen LogP contribution is 2.33. The number of hydrogen-bond donors (Lipinski definition) is 1. The Morgan fingerprint density at radius 3 is 2.42 bits per heavy atom. The summed E-state index contributed by atoms with van der Waals surface area (Å²) in [5.41, 5.74) is 0.615. The molecule has 0 bridgehead atoms. The lowest BCUT2D eigenvalue weighted by Gasteiger charge is -2.40. The van der Waals surface area contributed by atoms with E-state index in [1.165, 1.54) is 0 Å². The van der Waals surface area contributed by atoms with Crippen LogP contribution >= 0.6 is 0 Å². The third kappa shape index (κ3) is 3.32. The van der Waals surface area contributed by atoms with E-state index < -0.39 is 11.9 Å². The molecule has 1 amide bonds. The van der Waals surface area contributed by atoms with Crippen LogP contribution in [0.3, 0.4) is 0 Å². The first kappa shape index (κ1) is 17.7. The number of rotatable bonds is 3. The van der Waals surface area contributed by atoms with Crippen molar-refractivity contribution >= 4 is 5.91 Å². The second-order valence-corrected chi connectivity index (χ2v) is 7.22. The van der Waals surface area contributed by atoms with Gasteiger partial charge in [-0.15, -0.1) is 0 Å². The van der Waals surface area contributed by atoms with Gasteiger partial charge in [-0.2, -0.15) is 0 Å². The monoisotopic (exact) mass is 362 g/mol. The molecule has 1 aromatic rings. The summed E-state index contributed by atoms with van der Waals surface area (Å²) in [5, 5.41) is 10.5. The van der Waals surface area contributed by atoms with Crippen molar-refractivity contribution < 1.29 is 24.1 Å². The molecule has 0 unspecified atom stereocenters. The van der Waals surface area contributed by atoms with Crippen LogP contribution in [0.25, 0.3) is 0 Å². The lowest BCUT2D eigenvalue weighted by molar-refractivity contribution is -0.189. The zero-order valence-electron chi connectivity index (χ0n) is 15.1. The van der Waals surface area contributed by atoms with Crippen LogP contribution in [0.4, 0.5) is 0 Å². The van der Waals surface area contributed by atoms with Crippen LogP contribution in [-0.2, 0) is 9.47 Å². The summed E-state index contributed by atoms with van der Waals surface area (Å²) < 4.78 is 16.7. The minimum Gasteiger partial charge on any atom is -0.497 e. The van der Waals surface area contributed by atoms with Gasteiger partial charge in [0.25, 0.3) is 5.91 Å². The summed E-state index contributed by atoms with van der Waals surface area (Å²) in [6.07, 6.45) is 1.09. The van der Waals surface area contributed by atoms with Gasteiger partial charge in [0.2, 0.25) is 0 Å². The van der Waals surface area contributed by atoms with Crippen molar-refractivity contribution in [2.45, 2.75) is 30.8 Å². The molecule has 142 valence electrons. The molecule has 7 nitrogen and oxygen atoms in total. The fourth-order valence-electron chi connectivity index (χ4n) is 4.19. The zero-order chi connectivity index (χ0) is 18.1. The van der Waals surface area contributed by atoms with E-state index in [0.29, 0.717) is 31.9 Å². The number of aliphatic hydroxyl groups excluding tert-OH is 1. The molecule has 26 heavy (non-hydrogen) atoms. The number of ether oxygens (including phenoxy) is 3. The van der Waals surface area contributed by atoms with Crippen LogP contribution < -0.4 is 4.74 Å². The lowest BCUT2D eigenvalue weighted by atomic mass is 10.0. The highest BCUT2D eigenvalue weighted by atomic mass is 16.7. The summed E-state index contributed by atoms with van der Waals surface area (Å²) in [5.74, 6) is 0.253. The van der Waals surface area contributed by atoms with Crippen LogP contribution in [0.5, 0.6) is 5.75 Å². The Bertz CT molecular complexity index is 634. The van der Waals surface area contributed by atoms with E-state index in [1.807, 2.05) is 0 Å². The van der Waals surface area contributed by atoms with Gasteiger partial charge >= 0.3 is 0 Å². The molecule has 2 atom stereocenters. The minimum absolute atomic E-state index is 0.0315. The van der Waals surface area contributed by atoms with Crippen LogP contribution in [0, 0.1) is 0 Å². The quantitative estimate of drug-likeness (QED) is 0.854. The van der Waals surface area contributed by atoms with Gasteiger partial charge < -0.3 is 24.2 Å². The van der Waals surface area contributed by atoms with Crippen molar-refractivity contribution in [3.05, 3.63) is 29.8 Å². The number of amides is 1. The van der Waals surface area contributed by atoms with Crippen molar-refractivity contribution in [2.75, 3.05) is 46.5 Å². The molecule has 7 heteroatoms. The number of hydrogen-bond acceptors (Lipinski definition) is 6. The zero-order valence-corrected chi connectivity index (χ0v) is 15.1. The largest absolute Gasteiger partial charge is 0.497 e. The predicted octanol–water partition coefficient (Wildman–Crippen LogP) is 0.719. The van der Waals surface area contributed by atoms with Crippen molar-refractivity contribution in [1.82, 2.24) is 9.80 Å². The maximum Gasteiger partial charge on any atom is 0.254 e. The molecule has 0 aromatic heterocycles. The molecule has 1 aromatic carbocycles. The molecule has 3 saturated heterocycles. The topological polar surface area (TPSA) is 71.5 Å². The van der Waals surface area contributed by atoms with E-state index in [9.17, 15) is 9.90 Å². The average Bonchev–Trinajstić information content (AvgIpc) is 3.29. The highest BCUT2D eigenvalue weighted by molar-refractivity contribution is 5.94. The molecule has 1 N–H and O–H groups in total. The molecule has 0 saturated carbocycles. The number of carbonyl (C=O) groups excluding carboxylic acids is 1. The molecule has 1 spiro atoms. The number of piperidine rings is 1. The molecule has 0 radical (unpaired) electrons. The molecule has 4 rings (SSSR count). The first-order valence-electron chi connectivity index (χ1n) is 9.24. The summed E-state index contributed by atoms with van der Waals surface area (Å²) >= 11 is 0. The number of carbonyl (C=O) groups is 1. The third-order valence-corrected chi connectivity index (χ3v) is 5.73. The number of likely N-dealkylation sites (tertiary alicyclic amines) is 2. The van der Waals surface area contributed by atoms with E-state index in [0.717, 1.165) is 31.7 Å². The summed E-state index contributed by atoms with van der Waals surface area (Å²) in [6.45, 7) is 3.86. The summed E-state index contributed by atoms with van der Waals surface area (Å²) in [4.78, 5) is 16.7. The van der Waals surface area contributed by atoms with Gasteiger partial charge in [-0.05, 0) is 24.3 Å². The van der Waals surface area contributed by atoms with Crippen molar-refractivity contribution in [3.8, 4) is 5.75 Å². The Balaban J connectivity index is 1.37. The molecule has 3 aliphatic rings. The van der Waals surface area contributed by atoms with Crippen LogP contribution in [-0.4, -0.2) is 85.2 Å². The van der Waals surface area contributed by atoms with Crippen LogP contribution in [0.1, 0.15) is 23.2 Å². The molecule has 0 aliphatic carbocycles. The van der Waals surface area contributed by atoms with E-state index >= 15 is 0 Å². The normalized spacial score (nSPS) is 28.6. The van der Waals surface area contributed by atoms with E-state index in [4.69, 9.17) is 14.2 Å². The van der Waals surface area contributed by atoms with Gasteiger partial charge in [0.1, 0.15) is 5.75 Å². The first-order chi connectivity index (χ1) is 12.6. The van der Waals surface area contributed by atoms with Gasteiger partial charge in [-0.1, -0.05) is 0 Å². The Kier molecular flexibility index (Phi) is 4.88. The number of methoxy groups -OCH3 is 1. The number of benzene rings is 1. The maximum absolute atomic E-state index is 12.7. The van der Waals surface area contributed by atoms with Gasteiger partial charge in [0.05, 0.1) is 32.5 Å². The number of nitrogens with zero attached hydrogens (tertiary/aromatic N) is 2. The Morgan fingerprint density at radius 2 is 1.81 bits per heavy atom. The van der Waals surface area contributed by atoms with Gasteiger partial charge in [0.15, 0.2) is 5.79 Å². The van der Waals surface area contributed by atoms with Gasteiger partial charge in [-0.3, -0.25) is 9.69 Å². The van der Waals surface area contributed by atoms with Crippen LogP contribution in [0.15, 0.2) is 24.3 Å². The van der Waals surface area contributed by atoms with Crippen molar-refractivity contribution in [1.29, 1.82) is 0 Å². The molecular weight excluding hydrogens is 336 g/mol. The maximum atomic E-state index is 12.7. The standard InChI is InChI=1S/C19H26N2O5/c1-24-15-4-2-14(3-5-15)18(23)21-12-16(17(22)13-21)20-8-6-19(7-9-20)25-10-11-26-19/h2-5,16-17,22H,6-13H2,1H3/t16-,17-/m0/s1. The first-order valence-corrected chi connectivity index (χ1v) is 9.24. The Labute approximate surface area is 153 Å². The van der Waals surface area contributed by atoms with E-state index in [2.05, 4.69) is 4.90 Å². The van der Waals surface area contributed by atoms with E-state index in [-0.39, 0.29) is 11.9 Å².